The Morgan fingerprint density at radius 3 is 2.62 bits per heavy atom. The lowest BCUT2D eigenvalue weighted by Crippen LogP contribution is -2.51. The van der Waals surface area contributed by atoms with Crippen LogP contribution in [0.3, 0.4) is 0 Å². The molecule has 204 valence electrons. The molecule has 1 spiro atoms. The Hall–Kier alpha value is -4.37. The highest BCUT2D eigenvalue weighted by molar-refractivity contribution is 6.31. The molecule has 0 saturated carbocycles. The lowest BCUT2D eigenvalue weighted by atomic mass is 9.86. The van der Waals surface area contributed by atoms with Crippen LogP contribution in [0.1, 0.15) is 54.1 Å². The maximum absolute atomic E-state index is 14.4. The number of methoxy groups -OCH3 is 1. The first-order chi connectivity index (χ1) is 19.2. The van der Waals surface area contributed by atoms with Crippen molar-refractivity contribution < 1.29 is 19.1 Å². The van der Waals surface area contributed by atoms with Crippen molar-refractivity contribution in [1.82, 2.24) is 14.5 Å². The van der Waals surface area contributed by atoms with E-state index in [1.807, 2.05) is 50.5 Å². The van der Waals surface area contributed by atoms with Gasteiger partial charge in [-0.25, -0.2) is 9.97 Å². The molecule has 0 aliphatic carbocycles. The van der Waals surface area contributed by atoms with Crippen LogP contribution in [0.15, 0.2) is 54.7 Å². The Labute approximate surface area is 236 Å². The van der Waals surface area contributed by atoms with E-state index >= 15 is 0 Å². The van der Waals surface area contributed by atoms with E-state index in [1.165, 1.54) is 4.90 Å². The molecule has 0 bridgehead atoms. The molecule has 40 heavy (non-hydrogen) atoms. The van der Waals surface area contributed by atoms with Gasteiger partial charge in [0.25, 0.3) is 11.8 Å². The van der Waals surface area contributed by atoms with Gasteiger partial charge in [0.15, 0.2) is 11.2 Å². The summed E-state index contributed by atoms with van der Waals surface area (Å²) in [5.41, 5.74) is 2.53. The number of hydrogen-bond donors (Lipinski definition) is 1. The summed E-state index contributed by atoms with van der Waals surface area (Å²) in [5, 5.41) is 3.49. The maximum Gasteiger partial charge on any atom is 0.280 e. The second-order valence-corrected chi connectivity index (χ2v) is 10.5. The van der Waals surface area contributed by atoms with Crippen LogP contribution in [-0.4, -0.2) is 40.1 Å². The Morgan fingerprint density at radius 2 is 1.93 bits per heavy atom. The van der Waals surface area contributed by atoms with E-state index < -0.39 is 11.4 Å². The number of aromatic nitrogens is 3. The van der Waals surface area contributed by atoms with Gasteiger partial charge in [0.05, 0.1) is 25.0 Å². The second-order valence-electron chi connectivity index (χ2n) is 10.1. The number of anilines is 2. The minimum atomic E-state index is -1.51. The van der Waals surface area contributed by atoms with Gasteiger partial charge in [-0.3, -0.25) is 14.5 Å². The summed E-state index contributed by atoms with van der Waals surface area (Å²) in [7, 11) is 1.56. The Balaban J connectivity index is 1.69. The number of amides is 2. The normalized spacial score (nSPS) is 17.4. The van der Waals surface area contributed by atoms with Gasteiger partial charge >= 0.3 is 0 Å². The molecule has 2 aliphatic heterocycles. The summed E-state index contributed by atoms with van der Waals surface area (Å²) in [6, 6.07) is 14.2. The zero-order chi connectivity index (χ0) is 28.3. The average molecular weight is 558 g/mol. The molecule has 2 aliphatic rings. The number of hydrogen-bond acceptors (Lipinski definition) is 6. The highest BCUT2D eigenvalue weighted by atomic mass is 35.5. The lowest BCUT2D eigenvalue weighted by molar-refractivity contribution is -0.119. The quantitative estimate of drug-likeness (QED) is 0.324. The van der Waals surface area contributed by atoms with Crippen molar-refractivity contribution in [3.05, 3.63) is 82.3 Å². The zero-order valence-electron chi connectivity index (χ0n) is 22.8. The topological polar surface area (TPSA) is 98.6 Å². The van der Waals surface area contributed by atoms with Crippen molar-refractivity contribution in [1.29, 1.82) is 0 Å². The van der Waals surface area contributed by atoms with E-state index in [-0.39, 0.29) is 17.6 Å². The molecule has 0 fully saturated rings. The summed E-state index contributed by atoms with van der Waals surface area (Å²) in [4.78, 5) is 39.5. The SMILES string of the molecule is CCOc1cc(OC)c(-c2nc3c(n2C(C)C)C2(C(=O)Nc4cc(C)ccc42)N(c2cccc(Cl)c2)C3=O)cn1. The smallest absolute Gasteiger partial charge is 0.280 e. The third-order valence-corrected chi connectivity index (χ3v) is 7.55. The number of halogens is 1. The number of ether oxygens (including phenoxy) is 2. The van der Waals surface area contributed by atoms with Gasteiger partial charge in [-0.15, -0.1) is 0 Å². The van der Waals surface area contributed by atoms with Crippen LogP contribution in [0.25, 0.3) is 11.4 Å². The second kappa shape index (κ2) is 9.38. The molecule has 1 atom stereocenters. The minimum Gasteiger partial charge on any atom is -0.496 e. The maximum atomic E-state index is 14.4. The van der Waals surface area contributed by atoms with Gasteiger partial charge in [-0.1, -0.05) is 29.8 Å². The Kier molecular flexibility index (Phi) is 6.07. The van der Waals surface area contributed by atoms with Crippen molar-refractivity contribution in [2.24, 2.45) is 0 Å². The van der Waals surface area contributed by atoms with Gasteiger partial charge in [0, 0.05) is 40.3 Å². The van der Waals surface area contributed by atoms with E-state index in [2.05, 4.69) is 10.3 Å². The largest absolute Gasteiger partial charge is 0.496 e. The molecule has 0 radical (unpaired) electrons. The molecular weight excluding hydrogens is 530 g/mol. The molecule has 4 heterocycles. The lowest BCUT2D eigenvalue weighted by Gasteiger charge is -2.35. The molecule has 1 unspecified atom stereocenters. The monoisotopic (exact) mass is 557 g/mol. The third kappa shape index (κ3) is 3.54. The van der Waals surface area contributed by atoms with Crippen LogP contribution in [0, 0.1) is 6.92 Å². The first-order valence-electron chi connectivity index (χ1n) is 13.0. The number of nitrogens with one attached hydrogen (secondary N) is 1. The molecule has 4 aromatic rings. The predicted octanol–water partition coefficient (Wildman–Crippen LogP) is 5.75. The Morgan fingerprint density at radius 1 is 1.12 bits per heavy atom. The number of rotatable bonds is 6. The molecule has 0 saturated heterocycles. The first kappa shape index (κ1) is 25.9. The summed E-state index contributed by atoms with van der Waals surface area (Å²) in [6.45, 7) is 8.26. The fraction of sp³-hybridized carbons (Fsp3) is 0.267. The van der Waals surface area contributed by atoms with Gasteiger partial charge in [0.1, 0.15) is 11.6 Å². The van der Waals surface area contributed by atoms with Gasteiger partial charge in [0.2, 0.25) is 5.88 Å². The molecular formula is C30H28ClN5O4. The molecule has 2 aromatic carbocycles. The van der Waals surface area contributed by atoms with Crippen LogP contribution in [0.2, 0.25) is 5.02 Å². The van der Waals surface area contributed by atoms with Crippen LogP contribution < -0.4 is 19.7 Å². The number of benzene rings is 2. The van der Waals surface area contributed by atoms with Crippen LogP contribution >= 0.6 is 11.6 Å². The summed E-state index contributed by atoms with van der Waals surface area (Å²) >= 11 is 6.37. The number of pyridine rings is 1. The van der Waals surface area contributed by atoms with Gasteiger partial charge in [-0.2, -0.15) is 0 Å². The zero-order valence-corrected chi connectivity index (χ0v) is 23.5. The molecule has 10 heteroatoms. The summed E-state index contributed by atoms with van der Waals surface area (Å²) in [6.07, 6.45) is 1.62. The molecule has 6 rings (SSSR count). The molecule has 2 aromatic heterocycles. The molecule has 2 amide bonds. The number of fused-ring (bicyclic) bond motifs is 4. The summed E-state index contributed by atoms with van der Waals surface area (Å²) in [5.74, 6) is 0.630. The minimum absolute atomic E-state index is 0.184. The highest BCUT2D eigenvalue weighted by Gasteiger charge is 2.64. The number of nitrogens with zero attached hydrogens (tertiary/aromatic N) is 4. The first-order valence-corrected chi connectivity index (χ1v) is 13.4. The van der Waals surface area contributed by atoms with Crippen molar-refractivity contribution in [2.75, 3.05) is 23.9 Å². The summed E-state index contributed by atoms with van der Waals surface area (Å²) < 4.78 is 13.2. The van der Waals surface area contributed by atoms with E-state index in [9.17, 15) is 9.59 Å². The number of imidazole rings is 1. The number of carbonyl (C=O) groups excluding carboxylic acids is 2. The predicted molar refractivity (Wildman–Crippen MR) is 152 cm³/mol. The fourth-order valence-corrected chi connectivity index (χ4v) is 5.95. The van der Waals surface area contributed by atoms with Crippen LogP contribution in [0.5, 0.6) is 11.6 Å². The van der Waals surface area contributed by atoms with E-state index in [1.54, 1.807) is 43.6 Å². The van der Waals surface area contributed by atoms with Crippen LogP contribution in [-0.2, 0) is 10.3 Å². The molecule has 9 nitrogen and oxygen atoms in total. The third-order valence-electron chi connectivity index (χ3n) is 7.31. The van der Waals surface area contributed by atoms with E-state index in [0.717, 1.165) is 5.56 Å². The highest BCUT2D eigenvalue weighted by Crippen LogP contribution is 2.54. The van der Waals surface area contributed by atoms with E-state index in [0.29, 0.717) is 57.3 Å². The van der Waals surface area contributed by atoms with Gasteiger partial charge < -0.3 is 19.4 Å². The number of carbonyl (C=O) groups is 2. The number of aryl methyl sites for hydroxylation is 1. The Bertz CT molecular complexity index is 1700. The van der Waals surface area contributed by atoms with Crippen molar-refractivity contribution in [3.8, 4) is 23.0 Å². The van der Waals surface area contributed by atoms with Crippen LogP contribution in [0.4, 0.5) is 11.4 Å². The van der Waals surface area contributed by atoms with Crippen molar-refractivity contribution in [3.63, 3.8) is 0 Å². The average Bonchev–Trinajstić information content (AvgIpc) is 3.52. The van der Waals surface area contributed by atoms with Crippen molar-refractivity contribution in [2.45, 2.75) is 39.3 Å². The fourth-order valence-electron chi connectivity index (χ4n) is 5.76. The van der Waals surface area contributed by atoms with Crippen molar-refractivity contribution >= 4 is 34.8 Å². The van der Waals surface area contributed by atoms with Gasteiger partial charge in [-0.05, 0) is 57.5 Å². The van der Waals surface area contributed by atoms with E-state index in [4.69, 9.17) is 26.1 Å². The standard InChI is InChI=1S/C30H28ClN5O4/c1-6-40-24-14-23(39-5)20(15-32-24)27-34-25-26(35(27)16(2)3)30(21-11-10-17(4)12-22(21)33-29(30)38)36(28(25)37)19-9-7-8-18(31)13-19/h7-16H,6H2,1-5H3,(H,33,38). The molecule has 1 N–H and O–H groups in total.